The van der Waals surface area contributed by atoms with E-state index in [9.17, 15) is 4.79 Å². The van der Waals surface area contributed by atoms with Crippen molar-refractivity contribution >= 4 is 5.91 Å². The highest BCUT2D eigenvalue weighted by Crippen LogP contribution is 2.28. The fourth-order valence-corrected chi connectivity index (χ4v) is 3.12. The van der Waals surface area contributed by atoms with Gasteiger partial charge in [-0.15, -0.1) is 0 Å². The molecule has 2 aliphatic rings. The molecule has 4 nitrogen and oxygen atoms in total. The fourth-order valence-electron chi connectivity index (χ4n) is 3.12. The van der Waals surface area contributed by atoms with Crippen LogP contribution in [0.25, 0.3) is 0 Å². The SMILES string of the molecule is O=C(NC1CC1)c1ccc(CN(CCOc2ccccc2)C2CC2)cc1. The van der Waals surface area contributed by atoms with E-state index in [1.165, 1.54) is 18.4 Å². The van der Waals surface area contributed by atoms with Gasteiger partial charge in [0.15, 0.2) is 0 Å². The second kappa shape index (κ2) is 7.92. The van der Waals surface area contributed by atoms with Gasteiger partial charge in [0, 0.05) is 30.7 Å². The van der Waals surface area contributed by atoms with E-state index in [1.54, 1.807) is 0 Å². The van der Waals surface area contributed by atoms with Gasteiger partial charge in [-0.05, 0) is 55.5 Å². The molecule has 136 valence electrons. The average molecular weight is 350 g/mol. The highest BCUT2D eigenvalue weighted by atomic mass is 16.5. The summed E-state index contributed by atoms with van der Waals surface area (Å²) < 4.78 is 5.85. The third kappa shape index (κ3) is 4.85. The normalized spacial score (nSPS) is 16.5. The Morgan fingerprint density at radius 3 is 2.38 bits per heavy atom. The molecule has 4 rings (SSSR count). The molecule has 4 heteroatoms. The molecule has 0 bridgehead atoms. The highest BCUT2D eigenvalue weighted by Gasteiger charge is 2.29. The summed E-state index contributed by atoms with van der Waals surface area (Å²) in [5.74, 6) is 0.976. The van der Waals surface area contributed by atoms with Crippen LogP contribution in [0.1, 0.15) is 41.6 Å². The van der Waals surface area contributed by atoms with Crippen LogP contribution < -0.4 is 10.1 Å². The molecular formula is C22H26N2O2. The highest BCUT2D eigenvalue weighted by molar-refractivity contribution is 5.94. The van der Waals surface area contributed by atoms with Crippen molar-refractivity contribution in [2.75, 3.05) is 13.2 Å². The molecule has 2 aliphatic carbocycles. The largest absolute Gasteiger partial charge is 0.492 e. The van der Waals surface area contributed by atoms with Gasteiger partial charge in [-0.3, -0.25) is 9.69 Å². The van der Waals surface area contributed by atoms with E-state index in [-0.39, 0.29) is 5.91 Å². The Kier molecular flexibility index (Phi) is 5.21. The molecule has 0 aromatic heterocycles. The Morgan fingerprint density at radius 1 is 1.00 bits per heavy atom. The topological polar surface area (TPSA) is 41.6 Å². The van der Waals surface area contributed by atoms with Gasteiger partial charge in [-0.1, -0.05) is 30.3 Å². The van der Waals surface area contributed by atoms with Gasteiger partial charge in [0.1, 0.15) is 12.4 Å². The second-order valence-electron chi connectivity index (χ2n) is 7.31. The minimum absolute atomic E-state index is 0.0503. The van der Waals surface area contributed by atoms with Crippen molar-refractivity contribution in [3.63, 3.8) is 0 Å². The van der Waals surface area contributed by atoms with Crippen LogP contribution in [0.5, 0.6) is 5.75 Å². The van der Waals surface area contributed by atoms with Crippen LogP contribution in [-0.2, 0) is 6.54 Å². The summed E-state index contributed by atoms with van der Waals surface area (Å²) in [6, 6.07) is 19.1. The standard InChI is InChI=1S/C22H26N2O2/c25-22(23-19-10-11-19)18-8-6-17(7-9-18)16-24(20-12-13-20)14-15-26-21-4-2-1-3-5-21/h1-9,19-20H,10-16H2,(H,23,25). The Labute approximate surface area is 155 Å². The fraction of sp³-hybridized carbons (Fsp3) is 0.409. The zero-order valence-electron chi connectivity index (χ0n) is 15.1. The van der Waals surface area contributed by atoms with Gasteiger partial charge < -0.3 is 10.1 Å². The van der Waals surface area contributed by atoms with Gasteiger partial charge in [0.25, 0.3) is 5.91 Å². The maximum absolute atomic E-state index is 12.1. The molecule has 0 unspecified atom stereocenters. The van der Waals surface area contributed by atoms with Crippen LogP contribution in [-0.4, -0.2) is 36.0 Å². The Bertz CT molecular complexity index is 722. The molecule has 0 atom stereocenters. The third-order valence-electron chi connectivity index (χ3n) is 4.97. The van der Waals surface area contributed by atoms with E-state index in [1.807, 2.05) is 42.5 Å². The molecule has 1 amide bonds. The summed E-state index contributed by atoms with van der Waals surface area (Å²) in [6.07, 6.45) is 4.77. The van der Waals surface area contributed by atoms with Crippen molar-refractivity contribution in [1.29, 1.82) is 0 Å². The molecule has 0 spiro atoms. The number of amides is 1. The molecule has 0 saturated heterocycles. The number of hydrogen-bond acceptors (Lipinski definition) is 3. The predicted octanol–water partition coefficient (Wildman–Crippen LogP) is 3.62. The Morgan fingerprint density at radius 2 is 1.73 bits per heavy atom. The molecule has 0 heterocycles. The van der Waals surface area contributed by atoms with Crippen LogP contribution in [0, 0.1) is 0 Å². The lowest BCUT2D eigenvalue weighted by atomic mass is 10.1. The van der Waals surface area contributed by atoms with Gasteiger partial charge in [-0.2, -0.15) is 0 Å². The molecule has 0 radical (unpaired) electrons. The molecule has 2 saturated carbocycles. The summed E-state index contributed by atoms with van der Waals surface area (Å²) in [7, 11) is 0. The van der Waals surface area contributed by atoms with Crippen molar-refractivity contribution in [3.05, 3.63) is 65.7 Å². The monoisotopic (exact) mass is 350 g/mol. The number of nitrogens with zero attached hydrogens (tertiary/aromatic N) is 1. The lowest BCUT2D eigenvalue weighted by Crippen LogP contribution is -2.30. The summed E-state index contributed by atoms with van der Waals surface area (Å²) in [5.41, 5.74) is 2.01. The zero-order valence-corrected chi connectivity index (χ0v) is 15.1. The van der Waals surface area contributed by atoms with Crippen LogP contribution in [0.2, 0.25) is 0 Å². The van der Waals surface area contributed by atoms with Crippen LogP contribution in [0.15, 0.2) is 54.6 Å². The van der Waals surface area contributed by atoms with Gasteiger partial charge in [0.2, 0.25) is 0 Å². The lowest BCUT2D eigenvalue weighted by Gasteiger charge is -2.22. The number of ether oxygens (including phenoxy) is 1. The molecule has 2 aromatic carbocycles. The van der Waals surface area contributed by atoms with Crippen molar-refractivity contribution in [1.82, 2.24) is 10.2 Å². The smallest absolute Gasteiger partial charge is 0.251 e. The van der Waals surface area contributed by atoms with Crippen LogP contribution >= 0.6 is 0 Å². The minimum Gasteiger partial charge on any atom is -0.492 e. The molecular weight excluding hydrogens is 324 g/mol. The van der Waals surface area contributed by atoms with Gasteiger partial charge >= 0.3 is 0 Å². The maximum atomic E-state index is 12.1. The number of carbonyl (C=O) groups excluding carboxylic acids is 1. The zero-order chi connectivity index (χ0) is 17.8. The van der Waals surface area contributed by atoms with Crippen LogP contribution in [0.4, 0.5) is 0 Å². The van der Waals surface area contributed by atoms with Gasteiger partial charge in [-0.25, -0.2) is 0 Å². The number of benzene rings is 2. The summed E-state index contributed by atoms with van der Waals surface area (Å²) in [6.45, 7) is 2.53. The molecule has 0 aliphatic heterocycles. The van der Waals surface area contributed by atoms with E-state index in [0.717, 1.165) is 37.2 Å². The summed E-state index contributed by atoms with van der Waals surface area (Å²) >= 11 is 0. The first-order chi connectivity index (χ1) is 12.8. The summed E-state index contributed by atoms with van der Waals surface area (Å²) in [5, 5.41) is 3.04. The molecule has 2 aromatic rings. The first-order valence-corrected chi connectivity index (χ1v) is 9.59. The Balaban J connectivity index is 1.29. The number of rotatable bonds is 9. The number of nitrogens with one attached hydrogen (secondary N) is 1. The maximum Gasteiger partial charge on any atom is 0.251 e. The first kappa shape index (κ1) is 17.1. The molecule has 1 N–H and O–H groups in total. The van der Waals surface area contributed by atoms with E-state index in [0.29, 0.717) is 18.7 Å². The minimum atomic E-state index is 0.0503. The molecule has 2 fully saturated rings. The van der Waals surface area contributed by atoms with E-state index >= 15 is 0 Å². The quantitative estimate of drug-likeness (QED) is 0.751. The van der Waals surface area contributed by atoms with Crippen molar-refractivity contribution in [3.8, 4) is 5.75 Å². The van der Waals surface area contributed by atoms with E-state index < -0.39 is 0 Å². The van der Waals surface area contributed by atoms with Crippen molar-refractivity contribution in [2.45, 2.75) is 44.3 Å². The summed E-state index contributed by atoms with van der Waals surface area (Å²) in [4.78, 5) is 14.6. The Hall–Kier alpha value is -2.33. The lowest BCUT2D eigenvalue weighted by molar-refractivity contribution is 0.0951. The van der Waals surface area contributed by atoms with Crippen molar-refractivity contribution in [2.24, 2.45) is 0 Å². The van der Waals surface area contributed by atoms with Gasteiger partial charge in [0.05, 0.1) is 0 Å². The number of carbonyl (C=O) groups is 1. The number of para-hydroxylation sites is 1. The molecule has 26 heavy (non-hydrogen) atoms. The first-order valence-electron chi connectivity index (χ1n) is 9.59. The number of hydrogen-bond donors (Lipinski definition) is 1. The van der Waals surface area contributed by atoms with Crippen LogP contribution in [0.3, 0.4) is 0 Å². The third-order valence-corrected chi connectivity index (χ3v) is 4.97. The average Bonchev–Trinajstić information content (AvgIpc) is 3.56. The van der Waals surface area contributed by atoms with Crippen molar-refractivity contribution < 1.29 is 9.53 Å². The van der Waals surface area contributed by atoms with E-state index in [2.05, 4.69) is 22.3 Å². The second-order valence-corrected chi connectivity index (χ2v) is 7.31. The predicted molar refractivity (Wildman–Crippen MR) is 102 cm³/mol. The van der Waals surface area contributed by atoms with E-state index in [4.69, 9.17) is 4.74 Å².